The van der Waals surface area contributed by atoms with E-state index >= 15 is 0 Å². The van der Waals surface area contributed by atoms with Crippen molar-refractivity contribution in [1.29, 1.82) is 0 Å². The fraction of sp³-hybridized carbons (Fsp3) is 0.300. The van der Waals surface area contributed by atoms with Gasteiger partial charge in [-0.05, 0) is 24.5 Å². The molecule has 0 aliphatic carbocycles. The fourth-order valence-electron chi connectivity index (χ4n) is 2.90. The van der Waals surface area contributed by atoms with Crippen molar-refractivity contribution in [3.8, 4) is 11.4 Å². The molecule has 0 spiro atoms. The Morgan fingerprint density at radius 3 is 2.52 bits per heavy atom. The third-order valence-corrected chi connectivity index (χ3v) is 5.87. The number of rotatable bonds is 7. The smallest absolute Gasteiger partial charge is 0.318 e. The zero-order valence-electron chi connectivity index (χ0n) is 16.5. The predicted octanol–water partition coefficient (Wildman–Crippen LogP) is 3.21. The molecule has 3 N–H and O–H groups in total. The number of benzene rings is 1. The zero-order valence-corrected chi connectivity index (χ0v) is 17.3. The molecule has 3 rings (SSSR count). The first-order valence-corrected chi connectivity index (χ1v) is 10.0. The van der Waals surface area contributed by atoms with Crippen molar-refractivity contribution in [2.45, 2.75) is 37.7 Å². The minimum atomic E-state index is -0.873. The van der Waals surface area contributed by atoms with Crippen molar-refractivity contribution < 1.29 is 14.0 Å². The Balaban J connectivity index is 1.99. The lowest BCUT2D eigenvalue weighted by Gasteiger charge is -2.19. The van der Waals surface area contributed by atoms with Gasteiger partial charge in [0.15, 0.2) is 11.0 Å². The van der Waals surface area contributed by atoms with Gasteiger partial charge in [0.05, 0.1) is 23.6 Å². The van der Waals surface area contributed by atoms with Crippen LogP contribution in [0.3, 0.4) is 0 Å². The van der Waals surface area contributed by atoms with Crippen molar-refractivity contribution in [2.24, 2.45) is 11.7 Å². The van der Waals surface area contributed by atoms with Gasteiger partial charge in [0.25, 0.3) is 0 Å². The highest BCUT2D eigenvalue weighted by atomic mass is 32.2. The van der Waals surface area contributed by atoms with E-state index in [1.165, 1.54) is 11.8 Å². The van der Waals surface area contributed by atoms with Gasteiger partial charge in [-0.1, -0.05) is 55.9 Å². The molecule has 29 heavy (non-hydrogen) atoms. The summed E-state index contributed by atoms with van der Waals surface area (Å²) in [5.74, 6) is 0.878. The number of primary amides is 1. The lowest BCUT2D eigenvalue weighted by Crippen LogP contribution is -2.42. The lowest BCUT2D eigenvalue weighted by molar-refractivity contribution is -0.120. The Labute approximate surface area is 172 Å². The lowest BCUT2D eigenvalue weighted by atomic mass is 10.1. The summed E-state index contributed by atoms with van der Waals surface area (Å²) in [4.78, 5) is 23.6. The number of urea groups is 1. The Hall–Kier alpha value is -3.07. The topological polar surface area (TPSA) is 116 Å². The molecule has 0 aliphatic heterocycles. The number of hydrogen-bond acceptors (Lipinski definition) is 6. The van der Waals surface area contributed by atoms with Crippen molar-refractivity contribution in [3.63, 3.8) is 0 Å². The van der Waals surface area contributed by atoms with E-state index in [1.54, 1.807) is 6.26 Å². The highest BCUT2D eigenvalue weighted by Gasteiger charge is 2.28. The van der Waals surface area contributed by atoms with E-state index in [4.69, 9.17) is 10.2 Å². The second-order valence-electron chi connectivity index (χ2n) is 6.90. The number of thioether (sulfide) groups is 1. The van der Waals surface area contributed by atoms with Crippen LogP contribution in [0.15, 0.2) is 52.2 Å². The number of aryl methyl sites for hydroxylation is 1. The van der Waals surface area contributed by atoms with E-state index in [1.807, 2.05) is 61.7 Å². The number of furan rings is 1. The summed E-state index contributed by atoms with van der Waals surface area (Å²) >= 11 is 1.26. The van der Waals surface area contributed by atoms with Gasteiger partial charge < -0.3 is 10.2 Å². The molecule has 2 heterocycles. The molecule has 3 amide bonds. The van der Waals surface area contributed by atoms with E-state index in [0.29, 0.717) is 17.5 Å². The second kappa shape index (κ2) is 8.95. The van der Waals surface area contributed by atoms with Gasteiger partial charge in [0.2, 0.25) is 5.91 Å². The molecule has 0 bridgehead atoms. The van der Waals surface area contributed by atoms with Crippen LogP contribution in [0.2, 0.25) is 0 Å². The molecule has 1 aromatic carbocycles. The van der Waals surface area contributed by atoms with Gasteiger partial charge in [-0.2, -0.15) is 0 Å². The van der Waals surface area contributed by atoms with E-state index in [-0.39, 0.29) is 5.92 Å². The Kier molecular flexibility index (Phi) is 6.38. The van der Waals surface area contributed by atoms with E-state index < -0.39 is 17.2 Å². The number of aromatic nitrogens is 3. The first-order chi connectivity index (χ1) is 13.9. The maximum atomic E-state index is 12.5. The SMILES string of the molecule is Cc1occc1-c1nnc(S[C@@H](C(=O)NC(N)=O)C(C)C)n1Cc1ccccc1. The number of imide groups is 1. The van der Waals surface area contributed by atoms with Crippen LogP contribution in [0.25, 0.3) is 11.4 Å². The van der Waals surface area contributed by atoms with Crippen molar-refractivity contribution in [2.75, 3.05) is 0 Å². The summed E-state index contributed by atoms with van der Waals surface area (Å²) in [5, 5.41) is 10.9. The molecule has 1 atom stereocenters. The summed E-state index contributed by atoms with van der Waals surface area (Å²) in [6.07, 6.45) is 1.61. The molecule has 0 fully saturated rings. The Morgan fingerprint density at radius 2 is 1.93 bits per heavy atom. The molecule has 0 radical (unpaired) electrons. The van der Waals surface area contributed by atoms with Gasteiger partial charge in [-0.3, -0.25) is 14.7 Å². The Morgan fingerprint density at radius 1 is 1.21 bits per heavy atom. The van der Waals surface area contributed by atoms with Crippen LogP contribution in [-0.4, -0.2) is 32.0 Å². The third-order valence-electron chi connectivity index (χ3n) is 4.34. The third kappa shape index (κ3) is 4.86. The van der Waals surface area contributed by atoms with E-state index in [0.717, 1.165) is 16.9 Å². The Bertz CT molecular complexity index is 997. The van der Waals surface area contributed by atoms with Gasteiger partial charge in [-0.25, -0.2) is 4.79 Å². The van der Waals surface area contributed by atoms with Crippen LogP contribution in [0, 0.1) is 12.8 Å². The molecule has 152 valence electrons. The minimum Gasteiger partial charge on any atom is -0.469 e. The van der Waals surface area contributed by atoms with Crippen molar-refractivity contribution in [1.82, 2.24) is 20.1 Å². The number of nitrogens with one attached hydrogen (secondary N) is 1. The molecule has 0 saturated carbocycles. The molecule has 2 aromatic heterocycles. The zero-order chi connectivity index (χ0) is 21.0. The summed E-state index contributed by atoms with van der Waals surface area (Å²) in [6.45, 7) is 6.19. The molecular formula is C20H23N5O3S. The summed E-state index contributed by atoms with van der Waals surface area (Å²) in [7, 11) is 0. The monoisotopic (exact) mass is 413 g/mol. The van der Waals surface area contributed by atoms with Gasteiger partial charge >= 0.3 is 6.03 Å². The average Bonchev–Trinajstić information content (AvgIpc) is 3.25. The molecule has 3 aromatic rings. The van der Waals surface area contributed by atoms with Crippen LogP contribution in [0.5, 0.6) is 0 Å². The quantitative estimate of drug-likeness (QED) is 0.575. The highest BCUT2D eigenvalue weighted by molar-refractivity contribution is 8.00. The van der Waals surface area contributed by atoms with Crippen LogP contribution < -0.4 is 11.1 Å². The second-order valence-corrected chi connectivity index (χ2v) is 8.01. The van der Waals surface area contributed by atoms with Gasteiger partial charge in [0.1, 0.15) is 5.76 Å². The summed E-state index contributed by atoms with van der Waals surface area (Å²) in [5.41, 5.74) is 7.02. The van der Waals surface area contributed by atoms with Crippen LogP contribution in [0.4, 0.5) is 4.79 Å². The minimum absolute atomic E-state index is 0.0552. The standard InChI is InChI=1S/C20H23N5O3S/c1-12(2)16(18(26)22-19(21)27)29-20-24-23-17(15-9-10-28-13(15)3)25(20)11-14-7-5-4-6-8-14/h4-10,12,16H,11H2,1-3H3,(H3,21,22,26,27)/t16-/m1/s1. The maximum absolute atomic E-state index is 12.5. The molecule has 8 nitrogen and oxygen atoms in total. The number of nitrogens with two attached hydrogens (primary N) is 1. The molecule has 0 aliphatic rings. The largest absolute Gasteiger partial charge is 0.469 e. The van der Waals surface area contributed by atoms with Crippen molar-refractivity contribution in [3.05, 3.63) is 54.0 Å². The fourth-order valence-corrected chi connectivity index (χ4v) is 3.93. The van der Waals surface area contributed by atoms with Gasteiger partial charge in [0, 0.05) is 0 Å². The van der Waals surface area contributed by atoms with Crippen LogP contribution >= 0.6 is 11.8 Å². The maximum Gasteiger partial charge on any atom is 0.318 e. The normalized spacial score (nSPS) is 12.1. The summed E-state index contributed by atoms with van der Waals surface area (Å²) < 4.78 is 7.38. The van der Waals surface area contributed by atoms with Crippen LogP contribution in [0.1, 0.15) is 25.2 Å². The first-order valence-electron chi connectivity index (χ1n) is 9.15. The molecule has 0 unspecified atom stereocenters. The van der Waals surface area contributed by atoms with E-state index in [2.05, 4.69) is 15.5 Å². The average molecular weight is 414 g/mol. The van der Waals surface area contributed by atoms with Crippen molar-refractivity contribution >= 4 is 23.7 Å². The number of nitrogens with zero attached hydrogens (tertiary/aromatic N) is 3. The van der Waals surface area contributed by atoms with Crippen LogP contribution in [-0.2, 0) is 11.3 Å². The number of amides is 3. The first kappa shape index (κ1) is 20.7. The summed E-state index contributed by atoms with van der Waals surface area (Å²) in [6, 6.07) is 10.9. The molecular weight excluding hydrogens is 390 g/mol. The number of hydrogen-bond donors (Lipinski definition) is 2. The van der Waals surface area contributed by atoms with Gasteiger partial charge in [-0.15, -0.1) is 10.2 Å². The number of carbonyl (C=O) groups is 2. The number of carbonyl (C=O) groups excluding carboxylic acids is 2. The van der Waals surface area contributed by atoms with E-state index in [9.17, 15) is 9.59 Å². The molecule has 0 saturated heterocycles. The predicted molar refractivity (Wildman–Crippen MR) is 110 cm³/mol. The highest BCUT2D eigenvalue weighted by Crippen LogP contribution is 2.32. The molecule has 9 heteroatoms.